The first-order valence-corrected chi connectivity index (χ1v) is 8.84. The molecular weight excluding hydrogens is 400 g/mol. The number of pyridine rings is 1. The fourth-order valence-corrected chi connectivity index (χ4v) is 3.52. The molecule has 0 bridgehead atoms. The number of anilines is 3. The Bertz CT molecular complexity index is 1060. The summed E-state index contributed by atoms with van der Waals surface area (Å²) < 4.78 is 2.65. The Morgan fingerprint density at radius 3 is 2.48 bits per heavy atom. The van der Waals surface area contributed by atoms with Crippen molar-refractivity contribution in [2.75, 3.05) is 11.1 Å². The number of nitrogens with two attached hydrogens (primary N) is 1. The molecule has 0 fully saturated rings. The van der Waals surface area contributed by atoms with E-state index in [9.17, 15) is 0 Å². The van der Waals surface area contributed by atoms with Crippen LogP contribution >= 0.6 is 27.5 Å². The molecular formula is C19H14BrClN4. The summed E-state index contributed by atoms with van der Waals surface area (Å²) in [7, 11) is 0. The van der Waals surface area contributed by atoms with Gasteiger partial charge < -0.3 is 11.1 Å². The Hall–Kier alpha value is -2.50. The lowest BCUT2D eigenvalue weighted by atomic mass is 10.1. The average molecular weight is 414 g/mol. The van der Waals surface area contributed by atoms with Gasteiger partial charge in [0.25, 0.3) is 0 Å². The number of nitrogens with one attached hydrogen (secondary N) is 1. The van der Waals surface area contributed by atoms with Gasteiger partial charge in [0.05, 0.1) is 11.9 Å². The molecule has 2 aromatic heterocycles. The van der Waals surface area contributed by atoms with Crippen LogP contribution < -0.4 is 11.1 Å². The first-order chi connectivity index (χ1) is 12.1. The monoisotopic (exact) mass is 412 g/mol. The molecule has 0 spiro atoms. The largest absolute Gasteiger partial charge is 0.384 e. The summed E-state index contributed by atoms with van der Waals surface area (Å²) in [4.78, 5) is 4.47. The van der Waals surface area contributed by atoms with Crippen LogP contribution in [0.3, 0.4) is 0 Å². The first kappa shape index (κ1) is 16.0. The van der Waals surface area contributed by atoms with Crippen LogP contribution in [0.2, 0.25) is 5.02 Å². The summed E-state index contributed by atoms with van der Waals surface area (Å²) in [5.74, 6) is 0.575. The third-order valence-corrected chi connectivity index (χ3v) is 4.87. The summed E-state index contributed by atoms with van der Waals surface area (Å²) >= 11 is 9.92. The van der Waals surface area contributed by atoms with Gasteiger partial charge in [-0.25, -0.2) is 4.98 Å². The third-order valence-electron chi connectivity index (χ3n) is 3.98. The fourth-order valence-electron chi connectivity index (χ4n) is 2.82. The predicted molar refractivity (Wildman–Crippen MR) is 107 cm³/mol. The molecule has 0 aliphatic heterocycles. The van der Waals surface area contributed by atoms with E-state index in [1.807, 2.05) is 65.1 Å². The normalized spacial score (nSPS) is 11.0. The van der Waals surface area contributed by atoms with Crippen molar-refractivity contribution in [1.29, 1.82) is 0 Å². The molecule has 0 saturated carbocycles. The number of nitrogen functional groups attached to an aromatic ring is 1. The Labute approximate surface area is 158 Å². The van der Waals surface area contributed by atoms with E-state index < -0.39 is 0 Å². The lowest BCUT2D eigenvalue weighted by Gasteiger charge is -2.15. The third kappa shape index (κ3) is 2.86. The molecule has 0 atom stereocenters. The van der Waals surface area contributed by atoms with Gasteiger partial charge in [0.2, 0.25) is 0 Å². The van der Waals surface area contributed by atoms with Crippen LogP contribution in [0.15, 0.2) is 71.5 Å². The predicted octanol–water partition coefficient (Wildman–Crippen LogP) is 5.74. The highest BCUT2D eigenvalue weighted by Crippen LogP contribution is 2.37. The van der Waals surface area contributed by atoms with Crippen molar-refractivity contribution in [3.63, 3.8) is 0 Å². The molecule has 2 heterocycles. The van der Waals surface area contributed by atoms with Crippen LogP contribution in [0.4, 0.5) is 17.2 Å². The smallest absolute Gasteiger partial charge is 0.163 e. The lowest BCUT2D eigenvalue weighted by Crippen LogP contribution is -2.04. The molecule has 0 aliphatic rings. The highest BCUT2D eigenvalue weighted by atomic mass is 79.9. The number of para-hydroxylation sites is 1. The van der Waals surface area contributed by atoms with Crippen molar-refractivity contribution in [3.05, 3.63) is 76.5 Å². The van der Waals surface area contributed by atoms with Gasteiger partial charge in [-0.2, -0.15) is 0 Å². The molecule has 124 valence electrons. The van der Waals surface area contributed by atoms with E-state index in [1.165, 1.54) is 0 Å². The minimum absolute atomic E-state index is 0.575. The van der Waals surface area contributed by atoms with Gasteiger partial charge in [0, 0.05) is 21.8 Å². The zero-order valence-corrected chi connectivity index (χ0v) is 15.4. The molecule has 0 saturated heterocycles. The Morgan fingerprint density at radius 2 is 1.72 bits per heavy atom. The summed E-state index contributed by atoms with van der Waals surface area (Å²) in [6, 6.07) is 19.6. The van der Waals surface area contributed by atoms with Crippen molar-refractivity contribution in [2.45, 2.75) is 0 Å². The number of fused-ring (bicyclic) bond motifs is 1. The zero-order chi connectivity index (χ0) is 17.4. The second-order valence-corrected chi connectivity index (χ2v) is 6.79. The van der Waals surface area contributed by atoms with E-state index in [2.05, 4.69) is 26.2 Å². The molecule has 3 N–H and O–H groups in total. The van der Waals surface area contributed by atoms with E-state index in [-0.39, 0.29) is 0 Å². The number of hydrogen-bond donors (Lipinski definition) is 2. The van der Waals surface area contributed by atoms with Gasteiger partial charge >= 0.3 is 0 Å². The van der Waals surface area contributed by atoms with Crippen LogP contribution in [-0.2, 0) is 0 Å². The average Bonchev–Trinajstić information content (AvgIpc) is 3.02. The number of hydrogen-bond acceptors (Lipinski definition) is 3. The summed E-state index contributed by atoms with van der Waals surface area (Å²) in [6.07, 6.45) is 1.73. The van der Waals surface area contributed by atoms with Gasteiger partial charge in [0.15, 0.2) is 5.65 Å². The quantitative estimate of drug-likeness (QED) is 0.450. The first-order valence-electron chi connectivity index (χ1n) is 7.67. The van der Waals surface area contributed by atoms with E-state index in [0.29, 0.717) is 10.8 Å². The summed E-state index contributed by atoms with van der Waals surface area (Å²) in [5, 5.41) is 4.06. The molecule has 0 aliphatic carbocycles. The molecule has 6 heteroatoms. The Balaban J connectivity index is 1.97. The van der Waals surface area contributed by atoms with E-state index in [1.54, 1.807) is 6.20 Å². The Morgan fingerprint density at radius 1 is 1.00 bits per heavy atom. The van der Waals surface area contributed by atoms with E-state index in [0.717, 1.165) is 32.8 Å². The van der Waals surface area contributed by atoms with E-state index >= 15 is 0 Å². The van der Waals surface area contributed by atoms with Crippen LogP contribution in [0.25, 0.3) is 16.8 Å². The van der Waals surface area contributed by atoms with Crippen molar-refractivity contribution >= 4 is 50.4 Å². The molecule has 4 nitrogen and oxygen atoms in total. The maximum Gasteiger partial charge on any atom is 0.163 e. The molecule has 25 heavy (non-hydrogen) atoms. The lowest BCUT2D eigenvalue weighted by molar-refractivity contribution is 1.17. The van der Waals surface area contributed by atoms with Gasteiger partial charge in [0.1, 0.15) is 10.4 Å². The van der Waals surface area contributed by atoms with Crippen LogP contribution in [-0.4, -0.2) is 9.38 Å². The van der Waals surface area contributed by atoms with Crippen LogP contribution in [0.1, 0.15) is 0 Å². The molecule has 4 aromatic rings. The number of nitrogens with zero attached hydrogens (tertiary/aromatic N) is 2. The second kappa shape index (κ2) is 6.43. The molecule has 0 radical (unpaired) electrons. The van der Waals surface area contributed by atoms with Crippen LogP contribution in [0, 0.1) is 0 Å². The second-order valence-electron chi connectivity index (χ2n) is 5.57. The summed E-state index contributed by atoms with van der Waals surface area (Å²) in [6.45, 7) is 0. The summed E-state index contributed by atoms with van der Waals surface area (Å²) in [5.41, 5.74) is 10.7. The number of benzene rings is 2. The van der Waals surface area contributed by atoms with E-state index in [4.69, 9.17) is 17.3 Å². The van der Waals surface area contributed by atoms with Gasteiger partial charge in [-0.1, -0.05) is 48.0 Å². The Kier molecular flexibility index (Phi) is 4.11. The molecule has 0 unspecified atom stereocenters. The standard InChI is InChI=1S/C19H14BrClN4/c20-17-11-23-19-16(24-12-6-2-1-3-7-12)10-14(18(22)25(17)19)13-8-4-5-9-15(13)21/h1-11,24H,22H2. The number of imidazole rings is 1. The number of rotatable bonds is 3. The van der Waals surface area contributed by atoms with Gasteiger partial charge in [-0.3, -0.25) is 4.40 Å². The zero-order valence-electron chi connectivity index (χ0n) is 13.1. The van der Waals surface area contributed by atoms with Gasteiger partial charge in [-0.05, 0) is 40.2 Å². The fraction of sp³-hybridized carbons (Fsp3) is 0. The van der Waals surface area contributed by atoms with Crippen molar-refractivity contribution < 1.29 is 0 Å². The molecule has 2 aromatic carbocycles. The van der Waals surface area contributed by atoms with Gasteiger partial charge in [-0.15, -0.1) is 0 Å². The van der Waals surface area contributed by atoms with Crippen molar-refractivity contribution in [1.82, 2.24) is 9.38 Å². The minimum atomic E-state index is 0.575. The molecule has 4 rings (SSSR count). The van der Waals surface area contributed by atoms with Crippen LogP contribution in [0.5, 0.6) is 0 Å². The minimum Gasteiger partial charge on any atom is -0.384 e. The number of halogens is 2. The highest BCUT2D eigenvalue weighted by Gasteiger charge is 2.16. The highest BCUT2D eigenvalue weighted by molar-refractivity contribution is 9.10. The molecule has 0 amide bonds. The van der Waals surface area contributed by atoms with Crippen molar-refractivity contribution in [3.8, 4) is 11.1 Å². The number of aromatic nitrogens is 2. The maximum absolute atomic E-state index is 6.43. The topological polar surface area (TPSA) is 55.3 Å². The van der Waals surface area contributed by atoms with Crippen molar-refractivity contribution in [2.24, 2.45) is 0 Å². The SMILES string of the molecule is Nc1c(-c2ccccc2Cl)cc(Nc2ccccc2)c2ncc(Br)n12. The maximum atomic E-state index is 6.43.